The summed E-state index contributed by atoms with van der Waals surface area (Å²) in [5, 5.41) is 8.63. The second kappa shape index (κ2) is 4.28. The zero-order valence-corrected chi connectivity index (χ0v) is 9.80. The van der Waals surface area contributed by atoms with E-state index in [4.69, 9.17) is 5.26 Å². The molecular formula is C7H2BrF2IN2. The first-order valence-electron chi connectivity index (χ1n) is 3.10. The summed E-state index contributed by atoms with van der Waals surface area (Å²) in [6.45, 7) is 0. The van der Waals surface area contributed by atoms with Crippen molar-refractivity contribution in [2.45, 2.75) is 6.43 Å². The van der Waals surface area contributed by atoms with E-state index < -0.39 is 6.43 Å². The third kappa shape index (κ3) is 2.14. The molecule has 13 heavy (non-hydrogen) atoms. The molecule has 0 fully saturated rings. The first-order valence-corrected chi connectivity index (χ1v) is 4.97. The number of alkyl halides is 2. The van der Waals surface area contributed by atoms with E-state index in [1.165, 1.54) is 0 Å². The maximum absolute atomic E-state index is 12.3. The Balaban J connectivity index is 3.41. The summed E-state index contributed by atoms with van der Waals surface area (Å²) in [4.78, 5) is 3.72. The molecule has 6 heteroatoms. The van der Waals surface area contributed by atoms with Crippen molar-refractivity contribution in [3.8, 4) is 6.07 Å². The monoisotopic (exact) mass is 358 g/mol. The van der Waals surface area contributed by atoms with Crippen LogP contribution in [-0.2, 0) is 0 Å². The van der Waals surface area contributed by atoms with E-state index in [9.17, 15) is 8.78 Å². The molecule has 1 aromatic heterocycles. The minimum atomic E-state index is -2.67. The van der Waals surface area contributed by atoms with E-state index in [1.54, 1.807) is 6.07 Å². The molecule has 0 saturated heterocycles. The Kier molecular flexibility index (Phi) is 3.55. The fourth-order valence-electron chi connectivity index (χ4n) is 0.756. The van der Waals surface area contributed by atoms with Crippen LogP contribution in [0.1, 0.15) is 17.6 Å². The van der Waals surface area contributed by atoms with Crippen LogP contribution >= 0.6 is 38.5 Å². The van der Waals surface area contributed by atoms with Gasteiger partial charge in [-0.2, -0.15) is 5.26 Å². The predicted molar refractivity (Wildman–Crippen MR) is 54.3 cm³/mol. The van der Waals surface area contributed by atoms with Crippen molar-refractivity contribution < 1.29 is 8.78 Å². The van der Waals surface area contributed by atoms with Crippen molar-refractivity contribution in [1.82, 2.24) is 4.98 Å². The molecule has 0 N–H and O–H groups in total. The molecule has 1 heterocycles. The van der Waals surface area contributed by atoms with Gasteiger partial charge in [-0.3, -0.25) is 0 Å². The fraction of sp³-hybridized carbons (Fsp3) is 0.143. The van der Waals surface area contributed by atoms with Crippen LogP contribution in [0.15, 0.2) is 10.7 Å². The van der Waals surface area contributed by atoms with Gasteiger partial charge in [-0.15, -0.1) is 0 Å². The van der Waals surface area contributed by atoms with E-state index in [1.807, 2.05) is 22.6 Å². The Morgan fingerprint density at radius 1 is 1.62 bits per heavy atom. The van der Waals surface area contributed by atoms with Crippen molar-refractivity contribution in [2.75, 3.05) is 0 Å². The van der Waals surface area contributed by atoms with E-state index in [0.29, 0.717) is 8.17 Å². The number of nitriles is 1. The Hall–Kier alpha value is -0.290. The van der Waals surface area contributed by atoms with Gasteiger partial charge >= 0.3 is 0 Å². The lowest BCUT2D eigenvalue weighted by molar-refractivity contribution is 0.150. The Bertz CT molecular complexity index is 375. The smallest absolute Gasteiger partial charge is 0.249 e. The first kappa shape index (κ1) is 10.8. The van der Waals surface area contributed by atoms with Gasteiger partial charge < -0.3 is 0 Å². The summed E-state index contributed by atoms with van der Waals surface area (Å²) < 4.78 is 25.4. The van der Waals surface area contributed by atoms with Crippen LogP contribution in [0.5, 0.6) is 0 Å². The standard InChI is InChI=1S/C7H2BrF2IN2/c8-5-3(1-12)4(6(9)10)2-13-7(5)11/h2,6H. The van der Waals surface area contributed by atoms with Gasteiger partial charge in [0.15, 0.2) is 0 Å². The van der Waals surface area contributed by atoms with Gasteiger partial charge in [0.2, 0.25) is 0 Å². The molecular weight excluding hydrogens is 357 g/mol. The molecule has 0 radical (unpaired) electrons. The average molecular weight is 359 g/mol. The molecule has 0 bridgehead atoms. The molecule has 0 aliphatic rings. The highest BCUT2D eigenvalue weighted by Gasteiger charge is 2.17. The van der Waals surface area contributed by atoms with Crippen molar-refractivity contribution in [3.63, 3.8) is 0 Å². The largest absolute Gasteiger partial charge is 0.266 e. The van der Waals surface area contributed by atoms with Crippen LogP contribution in [0.4, 0.5) is 8.78 Å². The van der Waals surface area contributed by atoms with Gasteiger partial charge in [0.25, 0.3) is 6.43 Å². The molecule has 1 rings (SSSR count). The molecule has 2 nitrogen and oxygen atoms in total. The fourth-order valence-corrected chi connectivity index (χ4v) is 1.59. The number of halogens is 4. The van der Waals surface area contributed by atoms with E-state index in [0.717, 1.165) is 6.20 Å². The SMILES string of the molecule is N#Cc1c(C(F)F)cnc(I)c1Br. The number of aromatic nitrogens is 1. The lowest BCUT2D eigenvalue weighted by Gasteiger charge is -2.04. The van der Waals surface area contributed by atoms with Crippen molar-refractivity contribution in [2.24, 2.45) is 0 Å². The third-order valence-corrected chi connectivity index (χ3v) is 3.68. The van der Waals surface area contributed by atoms with Gasteiger partial charge in [0.05, 0.1) is 15.6 Å². The van der Waals surface area contributed by atoms with Gasteiger partial charge in [-0.05, 0) is 38.5 Å². The molecule has 0 unspecified atom stereocenters. The highest BCUT2D eigenvalue weighted by atomic mass is 127. The second-order valence-electron chi connectivity index (χ2n) is 2.11. The number of rotatable bonds is 1. The normalized spacial score (nSPS) is 10.2. The number of pyridine rings is 1. The predicted octanol–water partition coefficient (Wildman–Crippen LogP) is 3.26. The average Bonchev–Trinajstić information content (AvgIpc) is 2.09. The highest BCUT2D eigenvalue weighted by molar-refractivity contribution is 14.1. The summed E-state index contributed by atoms with van der Waals surface area (Å²) in [6.07, 6.45) is -1.65. The molecule has 0 aliphatic carbocycles. The zero-order chi connectivity index (χ0) is 10.0. The molecule has 0 aliphatic heterocycles. The maximum Gasteiger partial charge on any atom is 0.266 e. The van der Waals surface area contributed by atoms with Crippen LogP contribution in [-0.4, -0.2) is 4.98 Å². The minimum Gasteiger partial charge on any atom is -0.249 e. The number of hydrogen-bond donors (Lipinski definition) is 0. The molecule has 1 aromatic rings. The minimum absolute atomic E-state index is 0.0469. The third-order valence-electron chi connectivity index (χ3n) is 1.35. The number of nitrogens with zero attached hydrogens (tertiary/aromatic N) is 2. The molecule has 0 aromatic carbocycles. The van der Waals surface area contributed by atoms with E-state index in [-0.39, 0.29) is 11.1 Å². The Morgan fingerprint density at radius 3 is 2.69 bits per heavy atom. The van der Waals surface area contributed by atoms with Crippen LogP contribution < -0.4 is 0 Å². The van der Waals surface area contributed by atoms with E-state index in [2.05, 4.69) is 20.9 Å². The summed E-state index contributed by atoms with van der Waals surface area (Å²) in [5.74, 6) is 0. The highest BCUT2D eigenvalue weighted by Crippen LogP contribution is 2.29. The van der Waals surface area contributed by atoms with Gasteiger partial charge in [-0.25, -0.2) is 13.8 Å². The van der Waals surface area contributed by atoms with Gasteiger partial charge in [0, 0.05) is 6.20 Å². The zero-order valence-electron chi connectivity index (χ0n) is 6.06. The Morgan fingerprint density at radius 2 is 2.23 bits per heavy atom. The Labute approximate surface area is 95.2 Å². The van der Waals surface area contributed by atoms with Crippen LogP contribution in [0, 0.1) is 15.0 Å². The van der Waals surface area contributed by atoms with Gasteiger partial charge in [-0.1, -0.05) is 0 Å². The van der Waals surface area contributed by atoms with Crippen molar-refractivity contribution in [1.29, 1.82) is 5.26 Å². The molecule has 0 atom stereocenters. The summed E-state index contributed by atoms with van der Waals surface area (Å²) in [6, 6.07) is 1.71. The van der Waals surface area contributed by atoms with Crippen LogP contribution in [0.2, 0.25) is 0 Å². The molecule has 0 saturated carbocycles. The molecule has 68 valence electrons. The second-order valence-corrected chi connectivity index (χ2v) is 3.92. The molecule has 0 spiro atoms. The first-order chi connectivity index (χ1) is 6.07. The lowest BCUT2D eigenvalue weighted by atomic mass is 10.2. The van der Waals surface area contributed by atoms with Crippen LogP contribution in [0.3, 0.4) is 0 Å². The topological polar surface area (TPSA) is 36.7 Å². The van der Waals surface area contributed by atoms with Crippen LogP contribution in [0.25, 0.3) is 0 Å². The van der Waals surface area contributed by atoms with Crippen molar-refractivity contribution >= 4 is 38.5 Å². The van der Waals surface area contributed by atoms with Crippen molar-refractivity contribution in [3.05, 3.63) is 25.5 Å². The molecule has 0 amide bonds. The number of hydrogen-bond acceptors (Lipinski definition) is 2. The van der Waals surface area contributed by atoms with E-state index >= 15 is 0 Å². The van der Waals surface area contributed by atoms with Gasteiger partial charge in [0.1, 0.15) is 9.77 Å². The quantitative estimate of drug-likeness (QED) is 0.570. The summed E-state index contributed by atoms with van der Waals surface area (Å²) >= 11 is 4.89. The summed E-state index contributed by atoms with van der Waals surface area (Å²) in [7, 11) is 0. The lowest BCUT2D eigenvalue weighted by Crippen LogP contribution is -1.96. The maximum atomic E-state index is 12.3. The summed E-state index contributed by atoms with van der Waals surface area (Å²) in [5.41, 5.74) is -0.385.